The quantitative estimate of drug-likeness (QED) is 0.193. The normalized spacial score (nSPS) is 16.0. The molecule has 0 spiro atoms. The zero-order valence-corrected chi connectivity index (χ0v) is 32.6. The fourth-order valence-corrected chi connectivity index (χ4v) is 7.26. The van der Waals surface area contributed by atoms with Crippen LogP contribution in [0.3, 0.4) is 0 Å². The van der Waals surface area contributed by atoms with Gasteiger partial charge < -0.3 is 38.2 Å². The lowest BCUT2D eigenvalue weighted by Gasteiger charge is -2.32. The van der Waals surface area contributed by atoms with Crippen molar-refractivity contribution < 1.29 is 33.3 Å². The first kappa shape index (κ1) is 38.7. The van der Waals surface area contributed by atoms with E-state index in [1.165, 1.54) is 12.1 Å². The predicted molar refractivity (Wildman–Crippen MR) is 203 cm³/mol. The Morgan fingerprint density at radius 1 is 0.827 bits per heavy atom. The van der Waals surface area contributed by atoms with Gasteiger partial charge in [-0.15, -0.1) is 0 Å². The molecule has 0 atom stereocenters. The van der Waals surface area contributed by atoms with Crippen LogP contribution in [-0.2, 0) is 6.54 Å². The number of ether oxygens (including phenoxy) is 4. The highest BCUT2D eigenvalue weighted by Gasteiger charge is 2.36. The van der Waals surface area contributed by atoms with Gasteiger partial charge in [-0.25, -0.2) is 9.59 Å². The molecule has 12 heteroatoms. The maximum absolute atomic E-state index is 14.2. The second-order valence-electron chi connectivity index (χ2n) is 14.8. The standard InChI is InChI=1S/C40H55N5O7/c1-24(2)44(25(3)4)39(47)50-30-21-34-37(35(22-30)52-40(48)45(26(5)6)27(7)8)38(46)36(51-34)23-31-28(9)43(19-18-42-16-14-41(10)15-17-42)33-13-12-29(49-11)20-32(31)33/h12-13,20-27H,14-19H2,1-11H3. The van der Waals surface area contributed by atoms with Gasteiger partial charge in [0.25, 0.3) is 0 Å². The second kappa shape index (κ2) is 16.0. The molecule has 0 bridgehead atoms. The molecular formula is C40H55N5O7. The first-order valence-corrected chi connectivity index (χ1v) is 18.3. The van der Waals surface area contributed by atoms with Gasteiger partial charge in [-0.2, -0.15) is 0 Å². The van der Waals surface area contributed by atoms with Gasteiger partial charge in [0.2, 0.25) is 5.78 Å². The van der Waals surface area contributed by atoms with Gasteiger partial charge in [0.05, 0.1) is 7.11 Å². The Bertz CT molecular complexity index is 1820. The molecule has 0 radical (unpaired) electrons. The van der Waals surface area contributed by atoms with Crippen LogP contribution in [0.25, 0.3) is 17.0 Å². The summed E-state index contributed by atoms with van der Waals surface area (Å²) in [4.78, 5) is 49.1. The molecule has 2 aromatic carbocycles. The Hall–Kier alpha value is -4.55. The number of carbonyl (C=O) groups excluding carboxylic acids is 3. The summed E-state index contributed by atoms with van der Waals surface area (Å²) in [7, 11) is 3.78. The van der Waals surface area contributed by atoms with Gasteiger partial charge in [0, 0.05) is 97.7 Å². The number of hydrogen-bond acceptors (Lipinski definition) is 9. The molecule has 2 aliphatic heterocycles. The summed E-state index contributed by atoms with van der Waals surface area (Å²) >= 11 is 0. The number of rotatable bonds is 11. The minimum atomic E-state index is -0.627. The summed E-state index contributed by atoms with van der Waals surface area (Å²) in [5, 5.41) is 0.920. The van der Waals surface area contributed by atoms with Gasteiger partial charge in [0.15, 0.2) is 11.5 Å². The van der Waals surface area contributed by atoms with E-state index in [2.05, 4.69) is 21.4 Å². The predicted octanol–water partition coefficient (Wildman–Crippen LogP) is 7.06. The van der Waals surface area contributed by atoms with Gasteiger partial charge in [-0.05, 0) is 93.6 Å². The topological polar surface area (TPSA) is 106 Å². The molecule has 2 amide bonds. The van der Waals surface area contributed by atoms with Gasteiger partial charge in [-0.3, -0.25) is 9.69 Å². The van der Waals surface area contributed by atoms with Crippen molar-refractivity contribution in [1.82, 2.24) is 24.2 Å². The van der Waals surface area contributed by atoms with Crippen LogP contribution in [-0.4, -0.2) is 113 Å². The average Bonchev–Trinajstić information content (AvgIpc) is 3.51. The Balaban J connectivity index is 1.55. The monoisotopic (exact) mass is 717 g/mol. The molecule has 3 heterocycles. The highest BCUT2D eigenvalue weighted by Crippen LogP contribution is 2.43. The van der Waals surface area contributed by atoms with Gasteiger partial charge >= 0.3 is 12.2 Å². The molecule has 12 nitrogen and oxygen atoms in total. The fraction of sp³-hybridized carbons (Fsp3) is 0.525. The number of aromatic nitrogens is 1. The van der Waals surface area contributed by atoms with Crippen molar-refractivity contribution in [2.45, 2.75) is 93.0 Å². The van der Waals surface area contributed by atoms with E-state index in [-0.39, 0.29) is 52.7 Å². The summed E-state index contributed by atoms with van der Waals surface area (Å²) < 4.78 is 25.9. The van der Waals surface area contributed by atoms with E-state index in [1.54, 1.807) is 23.0 Å². The van der Waals surface area contributed by atoms with Gasteiger partial charge in [0.1, 0.15) is 22.8 Å². The van der Waals surface area contributed by atoms with Gasteiger partial charge in [-0.1, -0.05) is 0 Å². The number of Topliss-reactive ketones (excluding diaryl/α,β-unsaturated/α-hetero) is 1. The van der Waals surface area contributed by atoms with Crippen LogP contribution >= 0.6 is 0 Å². The van der Waals surface area contributed by atoms with Crippen molar-refractivity contribution in [3.8, 4) is 23.0 Å². The first-order valence-electron chi connectivity index (χ1n) is 18.3. The van der Waals surface area contributed by atoms with Crippen molar-refractivity contribution in [2.75, 3.05) is 46.9 Å². The summed E-state index contributed by atoms with van der Waals surface area (Å²) in [5.74, 6) is 0.508. The Labute approximate surface area is 307 Å². The third-order valence-corrected chi connectivity index (χ3v) is 9.85. The molecule has 0 N–H and O–H groups in total. The maximum Gasteiger partial charge on any atom is 0.415 e. The molecule has 5 rings (SSSR count). The number of amides is 2. The second-order valence-corrected chi connectivity index (χ2v) is 14.8. The lowest BCUT2D eigenvalue weighted by molar-refractivity contribution is 0.101. The number of nitrogens with zero attached hydrogens (tertiary/aromatic N) is 5. The Morgan fingerprint density at radius 3 is 2.00 bits per heavy atom. The zero-order valence-electron chi connectivity index (χ0n) is 32.6. The van der Waals surface area contributed by atoms with E-state index in [4.69, 9.17) is 18.9 Å². The maximum atomic E-state index is 14.2. The highest BCUT2D eigenvalue weighted by molar-refractivity contribution is 6.17. The van der Waals surface area contributed by atoms with Crippen LogP contribution in [0.15, 0.2) is 36.1 Å². The Kier molecular flexibility index (Phi) is 11.9. The number of carbonyl (C=O) groups is 3. The van der Waals surface area contributed by atoms with E-state index in [1.807, 2.05) is 80.5 Å². The third kappa shape index (κ3) is 8.08. The van der Waals surface area contributed by atoms with E-state index in [9.17, 15) is 14.4 Å². The molecule has 1 fully saturated rings. The number of piperazine rings is 1. The molecule has 0 aliphatic carbocycles. The average molecular weight is 718 g/mol. The molecule has 1 saturated heterocycles. The van der Waals surface area contributed by atoms with E-state index >= 15 is 0 Å². The minimum Gasteiger partial charge on any atom is -0.497 e. The number of likely N-dealkylation sites (N-methyl/N-ethyl adjacent to an activating group) is 1. The number of allylic oxidation sites excluding steroid dienone is 1. The van der Waals surface area contributed by atoms with E-state index < -0.39 is 18.0 Å². The molecule has 2 aliphatic rings. The summed E-state index contributed by atoms with van der Waals surface area (Å²) in [6.45, 7) is 23.0. The van der Waals surface area contributed by atoms with Crippen LogP contribution in [0.1, 0.15) is 77.0 Å². The Morgan fingerprint density at radius 2 is 1.42 bits per heavy atom. The molecule has 1 aromatic heterocycles. The summed E-state index contributed by atoms with van der Waals surface area (Å²) in [6.07, 6.45) is 0.553. The number of ketones is 1. The lowest BCUT2D eigenvalue weighted by Crippen LogP contribution is -2.45. The SMILES string of the molecule is COc1ccc2c(c1)c(C=C1Oc3cc(OC(=O)N(C(C)C)C(C)C)cc(OC(=O)N(C(C)C)C(C)C)c3C1=O)c(C)n2CCN1CCN(C)CC1. The minimum absolute atomic E-state index is 0.0429. The van der Waals surface area contributed by atoms with Crippen LogP contribution in [0.5, 0.6) is 23.0 Å². The lowest BCUT2D eigenvalue weighted by atomic mass is 10.1. The van der Waals surface area contributed by atoms with Crippen molar-refractivity contribution in [1.29, 1.82) is 0 Å². The fourth-order valence-electron chi connectivity index (χ4n) is 7.26. The van der Waals surface area contributed by atoms with Crippen molar-refractivity contribution >= 4 is 34.9 Å². The molecule has 282 valence electrons. The molecular weight excluding hydrogens is 662 g/mol. The highest BCUT2D eigenvalue weighted by atomic mass is 16.6. The first-order chi connectivity index (χ1) is 24.6. The molecule has 0 saturated carbocycles. The van der Waals surface area contributed by atoms with Crippen LogP contribution in [0, 0.1) is 6.92 Å². The van der Waals surface area contributed by atoms with Crippen LogP contribution in [0.2, 0.25) is 0 Å². The largest absolute Gasteiger partial charge is 0.497 e. The summed E-state index contributed by atoms with van der Waals surface area (Å²) in [5.41, 5.74) is 2.91. The number of hydrogen-bond donors (Lipinski definition) is 0. The van der Waals surface area contributed by atoms with Crippen molar-refractivity contribution in [3.05, 3.63) is 52.9 Å². The van der Waals surface area contributed by atoms with E-state index in [0.29, 0.717) is 5.75 Å². The number of methoxy groups -OCH3 is 1. The molecule has 52 heavy (non-hydrogen) atoms. The van der Waals surface area contributed by atoms with Crippen LogP contribution < -0.4 is 18.9 Å². The summed E-state index contributed by atoms with van der Waals surface area (Å²) in [6, 6.07) is 8.30. The number of fused-ring (bicyclic) bond motifs is 2. The smallest absolute Gasteiger partial charge is 0.415 e. The van der Waals surface area contributed by atoms with Crippen molar-refractivity contribution in [3.63, 3.8) is 0 Å². The number of benzene rings is 2. The molecule has 0 unspecified atom stereocenters. The van der Waals surface area contributed by atoms with Crippen molar-refractivity contribution in [2.24, 2.45) is 0 Å². The van der Waals surface area contributed by atoms with E-state index in [0.717, 1.165) is 61.4 Å². The van der Waals surface area contributed by atoms with Crippen LogP contribution in [0.4, 0.5) is 9.59 Å². The zero-order chi connectivity index (χ0) is 38.0. The third-order valence-electron chi connectivity index (χ3n) is 9.85. The molecule has 3 aromatic rings.